The Morgan fingerprint density at radius 1 is 0.744 bits per heavy atom. The van der Waals surface area contributed by atoms with E-state index in [9.17, 15) is 0 Å². The summed E-state index contributed by atoms with van der Waals surface area (Å²) >= 11 is 0. The topological polar surface area (TPSA) is 38.1 Å². The first-order valence-corrected chi connectivity index (χ1v) is 14.9. The molecule has 1 aliphatic heterocycles. The third kappa shape index (κ3) is 3.85. The first-order valence-electron chi connectivity index (χ1n) is 14.9. The second kappa shape index (κ2) is 9.57. The van der Waals surface area contributed by atoms with Gasteiger partial charge in [-0.1, -0.05) is 91.0 Å². The zero-order valence-corrected chi connectivity index (χ0v) is 23.5. The van der Waals surface area contributed by atoms with E-state index in [4.69, 9.17) is 9.40 Å². The Morgan fingerprint density at radius 2 is 1.49 bits per heavy atom. The molecule has 0 fully saturated rings. The SMILES string of the molecule is C1=CNCC(c2ccc(-c3c4ccccc4c(-c4ccc5oc6c(c5c4)C=C4C=CC=CC4C6)c4ccccc34)cn2)=C1. The van der Waals surface area contributed by atoms with Crippen LogP contribution in [0.2, 0.25) is 0 Å². The van der Waals surface area contributed by atoms with Gasteiger partial charge in [-0.05, 0) is 85.9 Å². The number of nitrogens with zero attached hydrogens (tertiary/aromatic N) is 1. The lowest BCUT2D eigenvalue weighted by Crippen LogP contribution is -2.12. The molecular weight excluding hydrogens is 524 g/mol. The van der Waals surface area contributed by atoms with Crippen molar-refractivity contribution >= 4 is 44.2 Å². The summed E-state index contributed by atoms with van der Waals surface area (Å²) in [5.74, 6) is 1.48. The number of pyridine rings is 1. The molecule has 3 heteroatoms. The Labute approximate surface area is 249 Å². The van der Waals surface area contributed by atoms with Gasteiger partial charge in [0.1, 0.15) is 11.3 Å². The highest BCUT2D eigenvalue weighted by atomic mass is 16.3. The van der Waals surface area contributed by atoms with E-state index in [1.54, 1.807) is 0 Å². The van der Waals surface area contributed by atoms with Crippen molar-refractivity contribution in [2.75, 3.05) is 6.54 Å². The fourth-order valence-corrected chi connectivity index (χ4v) is 7.06. The van der Waals surface area contributed by atoms with Gasteiger partial charge in [0.2, 0.25) is 0 Å². The van der Waals surface area contributed by atoms with Crippen molar-refractivity contribution in [3.63, 3.8) is 0 Å². The largest absolute Gasteiger partial charge is 0.460 e. The van der Waals surface area contributed by atoms with Crippen LogP contribution in [0.1, 0.15) is 17.0 Å². The summed E-state index contributed by atoms with van der Waals surface area (Å²) < 4.78 is 6.41. The first kappa shape index (κ1) is 24.2. The van der Waals surface area contributed by atoms with Crippen molar-refractivity contribution in [1.29, 1.82) is 0 Å². The molecule has 0 amide bonds. The number of rotatable bonds is 3. The van der Waals surface area contributed by atoms with Crippen LogP contribution in [-0.4, -0.2) is 11.5 Å². The molecule has 1 N–H and O–H groups in total. The summed E-state index contributed by atoms with van der Waals surface area (Å²) in [5, 5.41) is 9.39. The van der Waals surface area contributed by atoms with Gasteiger partial charge in [-0.2, -0.15) is 0 Å². The van der Waals surface area contributed by atoms with Crippen LogP contribution in [0.25, 0.3) is 66.4 Å². The van der Waals surface area contributed by atoms with Gasteiger partial charge in [0, 0.05) is 41.6 Å². The third-order valence-corrected chi connectivity index (χ3v) is 9.10. The standard InChI is InChI=1S/C40H28N2O/c1-2-9-26-22-38-35(20-25(26)8-1)34-21-27(16-18-37(34)43-38)39-30-11-3-5-13-32(30)40(33-14-6-4-12-31(33)39)29-15-17-36(42-24-29)28-10-7-19-41-23-28/h1-21,24,26,41H,22-23H2. The maximum absolute atomic E-state index is 6.41. The van der Waals surface area contributed by atoms with E-state index in [2.05, 4.69) is 121 Å². The Bertz CT molecular complexity index is 2200. The third-order valence-electron chi connectivity index (χ3n) is 9.10. The van der Waals surface area contributed by atoms with Crippen molar-refractivity contribution in [2.45, 2.75) is 6.42 Å². The molecule has 204 valence electrons. The van der Waals surface area contributed by atoms with Crippen molar-refractivity contribution < 1.29 is 4.42 Å². The van der Waals surface area contributed by atoms with Crippen molar-refractivity contribution in [1.82, 2.24) is 10.3 Å². The zero-order valence-electron chi connectivity index (χ0n) is 23.5. The predicted molar refractivity (Wildman–Crippen MR) is 178 cm³/mol. The molecule has 0 spiro atoms. The average molecular weight is 553 g/mol. The average Bonchev–Trinajstić information content (AvgIpc) is 3.43. The fraction of sp³-hybridized carbons (Fsp3) is 0.0750. The Kier molecular flexibility index (Phi) is 5.39. The Balaban J connectivity index is 1.25. The molecule has 4 aromatic carbocycles. The van der Waals surface area contributed by atoms with E-state index in [0.29, 0.717) is 5.92 Å². The van der Waals surface area contributed by atoms with Gasteiger partial charge in [0.25, 0.3) is 0 Å². The van der Waals surface area contributed by atoms with Crippen LogP contribution in [-0.2, 0) is 6.42 Å². The minimum absolute atomic E-state index is 0.398. The van der Waals surface area contributed by atoms with Crippen molar-refractivity contribution in [2.24, 2.45) is 5.92 Å². The fourth-order valence-electron chi connectivity index (χ4n) is 7.06. The minimum Gasteiger partial charge on any atom is -0.460 e. The molecule has 0 bridgehead atoms. The van der Waals surface area contributed by atoms with Crippen molar-refractivity contribution in [3.05, 3.63) is 150 Å². The van der Waals surface area contributed by atoms with Crippen LogP contribution in [0, 0.1) is 5.92 Å². The van der Waals surface area contributed by atoms with Gasteiger partial charge in [0.05, 0.1) is 5.69 Å². The summed E-state index contributed by atoms with van der Waals surface area (Å²) in [5.41, 5.74) is 10.5. The molecule has 0 saturated heterocycles. The lowest BCUT2D eigenvalue weighted by atomic mass is 9.83. The molecule has 43 heavy (non-hydrogen) atoms. The van der Waals surface area contributed by atoms with Gasteiger partial charge < -0.3 is 9.73 Å². The second-order valence-corrected chi connectivity index (χ2v) is 11.6. The first-order chi connectivity index (χ1) is 21.3. The van der Waals surface area contributed by atoms with E-state index in [1.807, 2.05) is 18.5 Å². The summed E-state index contributed by atoms with van der Waals surface area (Å²) in [7, 11) is 0. The molecule has 2 aliphatic carbocycles. The lowest BCUT2D eigenvalue weighted by Gasteiger charge is -2.20. The number of fused-ring (bicyclic) bond motifs is 6. The Hall–Kier alpha value is -5.41. The zero-order chi connectivity index (χ0) is 28.3. The van der Waals surface area contributed by atoms with E-state index in [0.717, 1.165) is 35.6 Å². The van der Waals surface area contributed by atoms with Crippen molar-refractivity contribution in [3.8, 4) is 22.3 Å². The summed E-state index contributed by atoms with van der Waals surface area (Å²) in [6, 6.07) is 28.7. The maximum atomic E-state index is 6.41. The number of aromatic nitrogens is 1. The van der Waals surface area contributed by atoms with E-state index in [-0.39, 0.29) is 0 Å². The molecular formula is C40H28N2O. The number of hydrogen-bond donors (Lipinski definition) is 1. The number of allylic oxidation sites excluding steroid dienone is 7. The number of furan rings is 1. The number of hydrogen-bond acceptors (Lipinski definition) is 3. The maximum Gasteiger partial charge on any atom is 0.134 e. The highest BCUT2D eigenvalue weighted by molar-refractivity contribution is 6.21. The van der Waals surface area contributed by atoms with Crippen LogP contribution in [0.3, 0.4) is 0 Å². The molecule has 3 heterocycles. The minimum atomic E-state index is 0.398. The summed E-state index contributed by atoms with van der Waals surface area (Å²) in [4.78, 5) is 4.90. The lowest BCUT2D eigenvalue weighted by molar-refractivity contribution is 0.521. The molecule has 3 aliphatic rings. The smallest absolute Gasteiger partial charge is 0.134 e. The quantitative estimate of drug-likeness (QED) is 0.222. The van der Waals surface area contributed by atoms with Gasteiger partial charge in [-0.25, -0.2) is 0 Å². The highest BCUT2D eigenvalue weighted by Crippen LogP contribution is 2.45. The van der Waals surface area contributed by atoms with E-state index in [1.165, 1.54) is 60.3 Å². The molecule has 1 unspecified atom stereocenters. The molecule has 0 radical (unpaired) electrons. The van der Waals surface area contributed by atoms with Gasteiger partial charge in [0.15, 0.2) is 0 Å². The van der Waals surface area contributed by atoms with Gasteiger partial charge >= 0.3 is 0 Å². The van der Waals surface area contributed by atoms with Gasteiger partial charge in [-0.3, -0.25) is 4.98 Å². The monoisotopic (exact) mass is 552 g/mol. The number of benzene rings is 4. The summed E-state index contributed by atoms with van der Waals surface area (Å²) in [6.07, 6.45) is 20.2. The number of nitrogens with one attached hydrogen (secondary N) is 1. The molecule has 2 aromatic heterocycles. The summed E-state index contributed by atoms with van der Waals surface area (Å²) in [6.45, 7) is 0.791. The molecule has 0 saturated carbocycles. The van der Waals surface area contributed by atoms with Crippen LogP contribution in [0.4, 0.5) is 0 Å². The van der Waals surface area contributed by atoms with E-state index >= 15 is 0 Å². The highest BCUT2D eigenvalue weighted by Gasteiger charge is 2.25. The molecule has 9 rings (SSSR count). The Morgan fingerprint density at radius 3 is 2.19 bits per heavy atom. The molecule has 3 nitrogen and oxygen atoms in total. The van der Waals surface area contributed by atoms with Crippen LogP contribution in [0.15, 0.2) is 138 Å². The second-order valence-electron chi connectivity index (χ2n) is 11.6. The number of dihydropyridines is 1. The van der Waals surface area contributed by atoms with Crippen LogP contribution < -0.4 is 5.32 Å². The molecule has 1 atom stereocenters. The van der Waals surface area contributed by atoms with E-state index < -0.39 is 0 Å². The van der Waals surface area contributed by atoms with Gasteiger partial charge in [-0.15, -0.1) is 0 Å². The molecule has 6 aromatic rings. The predicted octanol–water partition coefficient (Wildman–Crippen LogP) is 9.65. The normalized spacial score (nSPS) is 17.1. The van der Waals surface area contributed by atoms with Crippen LogP contribution in [0.5, 0.6) is 0 Å². The van der Waals surface area contributed by atoms with Crippen LogP contribution >= 0.6 is 0 Å².